The Kier molecular flexibility index (Phi) is 7.16. The van der Waals surface area contributed by atoms with Gasteiger partial charge in [-0.15, -0.1) is 0 Å². The molecule has 1 unspecified atom stereocenters. The van der Waals surface area contributed by atoms with E-state index in [1.165, 1.54) is 5.32 Å². The Morgan fingerprint density at radius 1 is 1.12 bits per heavy atom. The first-order chi connectivity index (χ1) is 14.9. The van der Waals surface area contributed by atoms with Crippen molar-refractivity contribution in [1.29, 1.82) is 0 Å². The molecule has 0 spiro atoms. The van der Waals surface area contributed by atoms with E-state index in [1.54, 1.807) is 0 Å². The molecule has 8 nitrogen and oxygen atoms in total. The van der Waals surface area contributed by atoms with Crippen LogP contribution in [-0.4, -0.2) is 66.0 Å². The molecule has 0 aliphatic carbocycles. The normalized spacial score (nSPS) is 20.8. The van der Waals surface area contributed by atoms with Crippen LogP contribution in [-0.2, 0) is 14.4 Å². The molecule has 1 heterocycles. The molecular formula is C18H18F7N3O5. The molecule has 3 atom stereocenters. The summed E-state index contributed by atoms with van der Waals surface area (Å²) in [5.41, 5.74) is -3.72. The topological polar surface area (TPSA) is 108 Å². The van der Waals surface area contributed by atoms with E-state index in [0.717, 1.165) is 19.1 Å². The van der Waals surface area contributed by atoms with E-state index >= 15 is 0 Å². The van der Waals surface area contributed by atoms with Gasteiger partial charge in [-0.1, -0.05) is 0 Å². The van der Waals surface area contributed by atoms with Gasteiger partial charge in [0.15, 0.2) is 0 Å². The van der Waals surface area contributed by atoms with E-state index in [1.807, 2.05) is 5.32 Å². The number of nitrogens with zero attached hydrogens (tertiary/aromatic N) is 1. The molecule has 0 aromatic heterocycles. The van der Waals surface area contributed by atoms with Crippen molar-refractivity contribution in [3.63, 3.8) is 0 Å². The summed E-state index contributed by atoms with van der Waals surface area (Å²) >= 11 is 0. The van der Waals surface area contributed by atoms with E-state index in [0.29, 0.717) is 13.0 Å². The zero-order valence-corrected chi connectivity index (χ0v) is 17.0. The smallest absolute Gasteiger partial charge is 0.406 e. The lowest BCUT2D eigenvalue weighted by atomic mass is 10.0. The Balaban J connectivity index is 2.33. The number of halogens is 7. The lowest BCUT2D eigenvalue weighted by Gasteiger charge is -2.29. The number of fused-ring (bicyclic) bond motifs is 1. The van der Waals surface area contributed by atoms with E-state index in [9.17, 15) is 50.2 Å². The van der Waals surface area contributed by atoms with Crippen molar-refractivity contribution in [2.45, 2.75) is 43.9 Å². The highest BCUT2D eigenvalue weighted by molar-refractivity contribution is 6.10. The van der Waals surface area contributed by atoms with Crippen molar-refractivity contribution >= 4 is 23.4 Å². The maximum absolute atomic E-state index is 13.7. The second-order valence-corrected chi connectivity index (χ2v) is 7.30. The summed E-state index contributed by atoms with van der Waals surface area (Å²) in [5.74, 6) is -6.20. The highest BCUT2D eigenvalue weighted by Crippen LogP contribution is 2.36. The van der Waals surface area contributed by atoms with Crippen LogP contribution in [0.3, 0.4) is 0 Å². The summed E-state index contributed by atoms with van der Waals surface area (Å²) in [6, 6.07) is 0.493. The third kappa shape index (κ3) is 6.46. The number of anilines is 1. The lowest BCUT2D eigenvalue weighted by molar-refractivity contribution is -0.159. The molecule has 0 radical (unpaired) electrons. The Morgan fingerprint density at radius 2 is 1.73 bits per heavy atom. The zero-order chi connectivity index (χ0) is 25.4. The van der Waals surface area contributed by atoms with Crippen LogP contribution < -0.4 is 20.3 Å². The van der Waals surface area contributed by atoms with E-state index < -0.39 is 72.4 Å². The van der Waals surface area contributed by atoms with Crippen molar-refractivity contribution in [1.82, 2.24) is 10.6 Å². The van der Waals surface area contributed by atoms with Gasteiger partial charge in [0.2, 0.25) is 5.60 Å². The van der Waals surface area contributed by atoms with Crippen LogP contribution >= 0.6 is 0 Å². The van der Waals surface area contributed by atoms with Gasteiger partial charge in [0.05, 0.1) is 5.69 Å². The molecule has 1 aromatic carbocycles. The summed E-state index contributed by atoms with van der Waals surface area (Å²) in [6.45, 7) is -2.09. The molecule has 1 aromatic rings. The minimum Gasteiger partial charge on any atom is -0.486 e. The Labute approximate surface area is 181 Å². The van der Waals surface area contributed by atoms with E-state index in [4.69, 9.17) is 4.74 Å². The molecule has 1 aliphatic rings. The van der Waals surface area contributed by atoms with E-state index in [2.05, 4.69) is 0 Å². The minimum absolute atomic E-state index is 0.102. The van der Waals surface area contributed by atoms with Crippen molar-refractivity contribution in [3.8, 4) is 5.75 Å². The Hall–Kier alpha value is -3.10. The molecule has 3 N–H and O–H groups in total. The predicted molar refractivity (Wildman–Crippen MR) is 96.5 cm³/mol. The van der Waals surface area contributed by atoms with Gasteiger partial charge in [0, 0.05) is 6.07 Å². The number of hydrogen-bond donors (Lipinski definition) is 3. The second kappa shape index (κ2) is 9.03. The van der Waals surface area contributed by atoms with Crippen molar-refractivity contribution in [2.75, 3.05) is 18.0 Å². The highest BCUT2D eigenvalue weighted by Gasteiger charge is 2.46. The molecule has 0 bridgehead atoms. The summed E-state index contributed by atoms with van der Waals surface area (Å²) in [4.78, 5) is 37.2. The quantitative estimate of drug-likeness (QED) is 0.429. The predicted octanol–water partition coefficient (Wildman–Crippen LogP) is 1.42. The third-order valence-electron chi connectivity index (χ3n) is 4.48. The molecule has 0 saturated heterocycles. The number of hydrogen-bond acceptors (Lipinski definition) is 5. The number of alkyl halides is 6. The van der Waals surface area contributed by atoms with Crippen LogP contribution in [0.2, 0.25) is 0 Å². The maximum Gasteiger partial charge on any atom is 0.406 e. The first kappa shape index (κ1) is 26.2. The molecule has 0 fully saturated rings. The molecular weight excluding hydrogens is 471 g/mol. The summed E-state index contributed by atoms with van der Waals surface area (Å²) in [5, 5.41) is 13.2. The minimum atomic E-state index is -4.95. The largest absolute Gasteiger partial charge is 0.486 e. The summed E-state index contributed by atoms with van der Waals surface area (Å²) in [6.07, 6.45) is -11.2. The fourth-order valence-electron chi connectivity index (χ4n) is 2.82. The Bertz CT molecular complexity index is 933. The van der Waals surface area contributed by atoms with E-state index in [-0.39, 0.29) is 10.6 Å². The highest BCUT2D eigenvalue weighted by atomic mass is 19.4. The summed E-state index contributed by atoms with van der Waals surface area (Å²) < 4.78 is 95.2. The van der Waals surface area contributed by atoms with Gasteiger partial charge in [-0.05, 0) is 26.0 Å². The van der Waals surface area contributed by atoms with Crippen LogP contribution in [0.4, 0.5) is 36.4 Å². The van der Waals surface area contributed by atoms with Gasteiger partial charge in [0.25, 0.3) is 17.7 Å². The standard InChI is InChI=1S/C18H18F7N3O5/c1-8-12(27-15(31)16(2,32)14(30)26-6-17(20,21)22)13(29)28(7-18(23,24)25)10-5-9(19)3-4-11(10)33-8/h3-5,8,12,32H,6-7H2,1-2H3,(H,26,30)(H,27,31)/t8-,12+,16?/m1/s1. The van der Waals surface area contributed by atoms with Crippen molar-refractivity contribution in [2.24, 2.45) is 0 Å². The third-order valence-corrected chi connectivity index (χ3v) is 4.48. The van der Waals surface area contributed by atoms with Gasteiger partial charge in [-0.25, -0.2) is 4.39 Å². The zero-order valence-electron chi connectivity index (χ0n) is 17.0. The molecule has 1 aliphatic heterocycles. The fraction of sp³-hybridized carbons (Fsp3) is 0.500. The molecule has 184 valence electrons. The average molecular weight is 489 g/mol. The van der Waals surface area contributed by atoms with Crippen molar-refractivity contribution in [3.05, 3.63) is 24.0 Å². The molecule has 33 heavy (non-hydrogen) atoms. The number of aliphatic hydroxyl groups is 1. The number of rotatable bonds is 5. The summed E-state index contributed by atoms with van der Waals surface area (Å²) in [7, 11) is 0. The first-order valence-corrected chi connectivity index (χ1v) is 9.15. The number of nitrogens with one attached hydrogen (secondary N) is 2. The number of benzene rings is 1. The molecule has 2 rings (SSSR count). The fourth-order valence-corrected chi connectivity index (χ4v) is 2.82. The van der Waals surface area contributed by atoms with Gasteiger partial charge in [-0.3, -0.25) is 19.3 Å². The van der Waals surface area contributed by atoms with Gasteiger partial charge >= 0.3 is 12.4 Å². The number of carbonyl (C=O) groups is 3. The SMILES string of the molecule is C[C@H]1Oc2ccc(F)cc2N(CC(F)(F)F)C(=O)[C@H]1NC(=O)C(C)(O)C(=O)NCC(F)(F)F. The lowest BCUT2D eigenvalue weighted by Crippen LogP contribution is -2.62. The van der Waals surface area contributed by atoms with Gasteiger partial charge < -0.3 is 20.5 Å². The monoisotopic (exact) mass is 489 g/mol. The van der Waals surface area contributed by atoms with Crippen LogP contribution in [0.5, 0.6) is 5.75 Å². The van der Waals surface area contributed by atoms with Crippen LogP contribution in [0.25, 0.3) is 0 Å². The molecule has 15 heteroatoms. The van der Waals surface area contributed by atoms with Crippen molar-refractivity contribution < 1.29 is 55.0 Å². The average Bonchev–Trinajstić information content (AvgIpc) is 2.75. The number of ether oxygens (including phenoxy) is 1. The molecule has 3 amide bonds. The van der Waals surface area contributed by atoms with Gasteiger partial charge in [-0.2, -0.15) is 26.3 Å². The van der Waals surface area contributed by atoms with Crippen LogP contribution in [0, 0.1) is 5.82 Å². The van der Waals surface area contributed by atoms with Crippen LogP contribution in [0.15, 0.2) is 18.2 Å². The maximum atomic E-state index is 13.7. The number of carbonyl (C=O) groups excluding carboxylic acids is 3. The van der Waals surface area contributed by atoms with Gasteiger partial charge in [0.1, 0.15) is 36.8 Å². The first-order valence-electron chi connectivity index (χ1n) is 9.15. The molecule has 0 saturated carbocycles. The second-order valence-electron chi connectivity index (χ2n) is 7.30. The Morgan fingerprint density at radius 3 is 2.27 bits per heavy atom. The van der Waals surface area contributed by atoms with Crippen LogP contribution in [0.1, 0.15) is 13.8 Å². The number of amides is 3.